The predicted octanol–water partition coefficient (Wildman–Crippen LogP) is -3.14. The third-order valence-electron chi connectivity index (χ3n) is 0.482. The molecule has 6 heteroatoms. The van der Waals surface area contributed by atoms with Crippen LogP contribution in [-0.2, 0) is 26.4 Å². The fourth-order valence-electron chi connectivity index (χ4n) is 0.238. The van der Waals surface area contributed by atoms with Crippen LogP contribution >= 0.6 is 0 Å². The van der Waals surface area contributed by atoms with E-state index >= 15 is 0 Å². The van der Waals surface area contributed by atoms with Crippen LogP contribution in [0.4, 0.5) is 0 Å². The van der Waals surface area contributed by atoms with Gasteiger partial charge in [-0.1, -0.05) is 0 Å². The number of rotatable bonds is 4. The number of carboxylic acids is 2. The molecule has 0 aromatic rings. The number of hydrogen-bond acceptors (Lipinski definition) is 4. The zero-order valence-corrected chi connectivity index (χ0v) is 5.87. The van der Waals surface area contributed by atoms with E-state index in [2.05, 4.69) is 5.32 Å². The molecule has 0 N–H and O–H groups in total. The molecular formula is C4H4CoNO4. The van der Waals surface area contributed by atoms with Crippen LogP contribution in [0.3, 0.4) is 0 Å². The van der Waals surface area contributed by atoms with Gasteiger partial charge in [0.15, 0.2) is 0 Å². The number of carbonyl (C=O) groups is 2. The molecule has 0 spiro atoms. The molecular weight excluding hydrogens is 185 g/mol. The predicted molar refractivity (Wildman–Crippen MR) is 23.1 cm³/mol. The van der Waals surface area contributed by atoms with E-state index in [0.717, 1.165) is 0 Å². The van der Waals surface area contributed by atoms with Crippen molar-refractivity contribution in [3.63, 3.8) is 0 Å². The average molecular weight is 189 g/mol. The Morgan fingerprint density at radius 2 is 1.40 bits per heavy atom. The van der Waals surface area contributed by atoms with Gasteiger partial charge in [0.05, 0.1) is 0 Å². The van der Waals surface area contributed by atoms with Crippen LogP contribution in [-0.4, -0.2) is 25.0 Å². The Morgan fingerprint density at radius 3 is 1.60 bits per heavy atom. The molecule has 5 nitrogen and oxygen atoms in total. The van der Waals surface area contributed by atoms with Crippen LogP contribution in [0.25, 0.3) is 5.32 Å². The Hall–Kier alpha value is -0.594. The largest absolute Gasteiger partial charge is 3.00 e. The minimum atomic E-state index is -1.39. The number of hydrogen-bond donors (Lipinski definition) is 0. The number of nitrogens with zero attached hydrogens (tertiary/aromatic N) is 1. The van der Waals surface area contributed by atoms with Crippen molar-refractivity contribution in [1.29, 1.82) is 0 Å². The molecule has 0 aliphatic heterocycles. The average Bonchev–Trinajstić information content (AvgIpc) is 1.63. The summed E-state index contributed by atoms with van der Waals surface area (Å²) in [6.07, 6.45) is 0. The van der Waals surface area contributed by atoms with Crippen LogP contribution in [0.15, 0.2) is 0 Å². The first kappa shape index (κ1) is 12.1. The second-order valence-corrected chi connectivity index (χ2v) is 1.28. The van der Waals surface area contributed by atoms with Gasteiger partial charge in [0, 0.05) is 11.9 Å². The number of aliphatic carboxylic acids is 2. The van der Waals surface area contributed by atoms with Gasteiger partial charge < -0.3 is 25.1 Å². The summed E-state index contributed by atoms with van der Waals surface area (Å²) in [7, 11) is 0. The molecule has 0 radical (unpaired) electrons. The zero-order chi connectivity index (χ0) is 7.28. The zero-order valence-electron chi connectivity index (χ0n) is 4.83. The van der Waals surface area contributed by atoms with Crippen LogP contribution in [0.2, 0.25) is 0 Å². The summed E-state index contributed by atoms with van der Waals surface area (Å²) < 4.78 is 0. The van der Waals surface area contributed by atoms with E-state index in [1.807, 2.05) is 0 Å². The van der Waals surface area contributed by atoms with Gasteiger partial charge in [-0.15, -0.1) is 13.1 Å². The maximum Gasteiger partial charge on any atom is 3.00 e. The Balaban J connectivity index is 0. The standard InChI is InChI=1S/C4H6NO4.Co/c6-3(7)1-5-2-4(8)9;/h1-2H2,(H,6,7)(H,8,9);/q-1;+3/p-2. The van der Waals surface area contributed by atoms with E-state index in [0.29, 0.717) is 0 Å². The Bertz CT molecular complexity index is 112. The van der Waals surface area contributed by atoms with Crippen LogP contribution < -0.4 is 10.2 Å². The van der Waals surface area contributed by atoms with Gasteiger partial charge in [-0.2, -0.15) is 0 Å². The molecule has 0 aliphatic rings. The summed E-state index contributed by atoms with van der Waals surface area (Å²) in [4.78, 5) is 19.1. The topological polar surface area (TPSA) is 94.4 Å². The van der Waals surface area contributed by atoms with E-state index in [9.17, 15) is 19.8 Å². The Kier molecular flexibility index (Phi) is 7.91. The first-order valence-electron chi connectivity index (χ1n) is 2.16. The van der Waals surface area contributed by atoms with Gasteiger partial charge in [0.1, 0.15) is 0 Å². The van der Waals surface area contributed by atoms with Crippen molar-refractivity contribution >= 4 is 11.9 Å². The number of carbonyl (C=O) groups excluding carboxylic acids is 2. The molecule has 0 saturated heterocycles. The van der Waals surface area contributed by atoms with E-state index in [1.165, 1.54) is 0 Å². The van der Waals surface area contributed by atoms with Gasteiger partial charge in [0.2, 0.25) is 0 Å². The van der Waals surface area contributed by atoms with Crippen molar-refractivity contribution in [3.8, 4) is 0 Å². The van der Waals surface area contributed by atoms with Crippen molar-refractivity contribution in [3.05, 3.63) is 5.32 Å². The molecule has 10 heavy (non-hydrogen) atoms. The van der Waals surface area contributed by atoms with Crippen molar-refractivity contribution in [1.82, 2.24) is 0 Å². The molecule has 0 unspecified atom stereocenters. The summed E-state index contributed by atoms with van der Waals surface area (Å²) in [6, 6.07) is 0. The van der Waals surface area contributed by atoms with Crippen LogP contribution in [0.1, 0.15) is 0 Å². The molecule has 0 saturated carbocycles. The first-order chi connectivity index (χ1) is 4.13. The first-order valence-corrected chi connectivity index (χ1v) is 2.16. The number of carboxylic acid groups (broad SMARTS) is 2. The molecule has 0 amide bonds. The third-order valence-corrected chi connectivity index (χ3v) is 0.482. The van der Waals surface area contributed by atoms with Crippen molar-refractivity contribution < 1.29 is 36.6 Å². The quantitative estimate of drug-likeness (QED) is 0.466. The van der Waals surface area contributed by atoms with Gasteiger partial charge in [-0.3, -0.25) is 0 Å². The smallest absolute Gasteiger partial charge is 0.653 e. The molecule has 0 bridgehead atoms. The molecule has 0 aromatic heterocycles. The van der Waals surface area contributed by atoms with Crippen molar-refractivity contribution in [2.45, 2.75) is 0 Å². The van der Waals surface area contributed by atoms with Gasteiger partial charge in [0.25, 0.3) is 0 Å². The second kappa shape index (κ2) is 6.53. The van der Waals surface area contributed by atoms with E-state index in [1.54, 1.807) is 0 Å². The summed E-state index contributed by atoms with van der Waals surface area (Å²) in [5.74, 6) is -2.78. The van der Waals surface area contributed by atoms with E-state index in [4.69, 9.17) is 0 Å². The van der Waals surface area contributed by atoms with E-state index < -0.39 is 25.0 Å². The molecule has 0 aliphatic carbocycles. The summed E-state index contributed by atoms with van der Waals surface area (Å²) >= 11 is 0. The summed E-state index contributed by atoms with van der Waals surface area (Å²) in [5.41, 5.74) is 0. The Labute approximate surface area is 67.6 Å². The van der Waals surface area contributed by atoms with Crippen molar-refractivity contribution in [2.24, 2.45) is 0 Å². The molecule has 0 heterocycles. The summed E-state index contributed by atoms with van der Waals surface area (Å²) in [6.45, 7) is -1.18. The maximum atomic E-state index is 9.56. The van der Waals surface area contributed by atoms with Crippen LogP contribution in [0.5, 0.6) is 0 Å². The molecule has 0 atom stereocenters. The minimum absolute atomic E-state index is 0. The SMILES string of the molecule is O=C([O-])C[N-]CC(=O)[O-].[Co+3]. The summed E-state index contributed by atoms with van der Waals surface area (Å²) in [5, 5.41) is 22.2. The second-order valence-electron chi connectivity index (χ2n) is 1.28. The monoisotopic (exact) mass is 189 g/mol. The minimum Gasteiger partial charge on any atom is -0.653 e. The maximum absolute atomic E-state index is 9.56. The molecule has 0 aromatic carbocycles. The van der Waals surface area contributed by atoms with Crippen molar-refractivity contribution in [2.75, 3.05) is 13.1 Å². The molecule has 0 fully saturated rings. The molecule has 58 valence electrons. The van der Waals surface area contributed by atoms with Crippen LogP contribution in [0, 0.1) is 0 Å². The fourth-order valence-corrected chi connectivity index (χ4v) is 0.238. The van der Waals surface area contributed by atoms with Gasteiger partial charge in [-0.25, -0.2) is 0 Å². The normalized spacial score (nSPS) is 8.00. The van der Waals surface area contributed by atoms with E-state index in [-0.39, 0.29) is 16.8 Å². The van der Waals surface area contributed by atoms with Gasteiger partial charge >= 0.3 is 16.8 Å². The van der Waals surface area contributed by atoms with Gasteiger partial charge in [-0.05, 0) is 0 Å². The fraction of sp³-hybridized carbons (Fsp3) is 0.500. The Morgan fingerprint density at radius 1 is 1.10 bits per heavy atom. The molecule has 0 rings (SSSR count). The third kappa shape index (κ3) is 10.4.